The molecule has 1 amide bonds. The van der Waals surface area contributed by atoms with E-state index in [-0.39, 0.29) is 12.5 Å². The molecule has 0 saturated heterocycles. The first-order valence-corrected chi connectivity index (χ1v) is 7.23. The van der Waals surface area contributed by atoms with Crippen LogP contribution in [0.25, 0.3) is 0 Å². The van der Waals surface area contributed by atoms with Crippen LogP contribution >= 0.6 is 0 Å². The van der Waals surface area contributed by atoms with E-state index in [4.69, 9.17) is 14.6 Å². The van der Waals surface area contributed by atoms with Crippen molar-refractivity contribution in [2.75, 3.05) is 27.4 Å². The normalized spacial score (nSPS) is 11.8. The predicted molar refractivity (Wildman–Crippen MR) is 81.7 cm³/mol. The average molecular weight is 295 g/mol. The van der Waals surface area contributed by atoms with Gasteiger partial charge in [0.1, 0.15) is 0 Å². The smallest absolute Gasteiger partial charge is 0.224 e. The lowest BCUT2D eigenvalue weighted by atomic mass is 10.0. The van der Waals surface area contributed by atoms with Crippen molar-refractivity contribution in [1.29, 1.82) is 0 Å². The van der Waals surface area contributed by atoms with E-state index in [1.807, 2.05) is 12.1 Å². The fourth-order valence-corrected chi connectivity index (χ4v) is 2.13. The van der Waals surface area contributed by atoms with Crippen LogP contribution in [0.3, 0.4) is 0 Å². The molecule has 0 saturated carbocycles. The Labute approximate surface area is 126 Å². The van der Waals surface area contributed by atoms with Gasteiger partial charge in [-0.3, -0.25) is 4.79 Å². The Morgan fingerprint density at radius 1 is 1.29 bits per heavy atom. The first-order valence-electron chi connectivity index (χ1n) is 7.23. The van der Waals surface area contributed by atoms with Crippen molar-refractivity contribution in [3.63, 3.8) is 0 Å². The molecule has 5 heteroatoms. The highest BCUT2D eigenvalue weighted by Crippen LogP contribution is 2.27. The van der Waals surface area contributed by atoms with Gasteiger partial charge in [0.25, 0.3) is 0 Å². The van der Waals surface area contributed by atoms with Crippen LogP contribution < -0.4 is 14.8 Å². The second kappa shape index (κ2) is 9.23. The van der Waals surface area contributed by atoms with Gasteiger partial charge in [-0.15, -0.1) is 0 Å². The molecule has 0 aliphatic rings. The van der Waals surface area contributed by atoms with Gasteiger partial charge in [0.05, 0.1) is 20.6 Å². The fourth-order valence-electron chi connectivity index (χ4n) is 2.13. The number of aliphatic hydroxyl groups is 1. The Morgan fingerprint density at radius 3 is 2.57 bits per heavy atom. The molecule has 0 aliphatic heterocycles. The van der Waals surface area contributed by atoms with Crippen molar-refractivity contribution in [3.05, 3.63) is 23.8 Å². The summed E-state index contributed by atoms with van der Waals surface area (Å²) in [5.74, 6) is 1.56. The summed E-state index contributed by atoms with van der Waals surface area (Å²) in [6.07, 6.45) is 1.96. The molecule has 2 N–H and O–H groups in total. The highest BCUT2D eigenvalue weighted by atomic mass is 16.5. The number of carbonyl (C=O) groups excluding carboxylic acids is 1. The minimum absolute atomic E-state index is 0.0291. The maximum atomic E-state index is 11.9. The summed E-state index contributed by atoms with van der Waals surface area (Å²) < 4.78 is 10.4. The number of aliphatic hydroxyl groups excluding tert-OH is 1. The number of carbonyl (C=O) groups is 1. The van der Waals surface area contributed by atoms with E-state index >= 15 is 0 Å². The number of methoxy groups -OCH3 is 2. The molecule has 0 spiro atoms. The van der Waals surface area contributed by atoms with Crippen molar-refractivity contribution in [3.8, 4) is 11.5 Å². The summed E-state index contributed by atoms with van der Waals surface area (Å²) in [5.41, 5.74) is 0.875. The lowest BCUT2D eigenvalue weighted by molar-refractivity contribution is -0.120. The van der Waals surface area contributed by atoms with Gasteiger partial charge in [-0.2, -0.15) is 0 Å². The van der Waals surface area contributed by atoms with Crippen molar-refractivity contribution in [2.45, 2.75) is 26.2 Å². The molecule has 1 aromatic carbocycles. The summed E-state index contributed by atoms with van der Waals surface area (Å²) in [6, 6.07) is 5.46. The number of benzene rings is 1. The number of hydrogen-bond acceptors (Lipinski definition) is 4. The van der Waals surface area contributed by atoms with Gasteiger partial charge in [0.15, 0.2) is 11.5 Å². The molecular formula is C16H25NO4. The predicted octanol–water partition coefficient (Wildman–Crippen LogP) is 1.77. The summed E-state index contributed by atoms with van der Waals surface area (Å²) in [5, 5.41) is 11.8. The highest BCUT2D eigenvalue weighted by Gasteiger charge is 2.10. The van der Waals surface area contributed by atoms with Crippen molar-refractivity contribution < 1.29 is 19.4 Å². The van der Waals surface area contributed by atoms with E-state index < -0.39 is 0 Å². The molecule has 0 bridgehead atoms. The zero-order chi connectivity index (χ0) is 15.7. The third-order valence-electron chi connectivity index (χ3n) is 3.52. The number of amides is 1. The number of nitrogens with one attached hydrogen (secondary N) is 1. The second-order valence-electron chi connectivity index (χ2n) is 4.96. The van der Waals surface area contributed by atoms with Gasteiger partial charge in [-0.1, -0.05) is 19.4 Å². The minimum atomic E-state index is -0.0291. The van der Waals surface area contributed by atoms with E-state index in [2.05, 4.69) is 12.2 Å². The van der Waals surface area contributed by atoms with Crippen LogP contribution in [0.5, 0.6) is 11.5 Å². The Hall–Kier alpha value is -1.75. The Morgan fingerprint density at radius 2 is 2.00 bits per heavy atom. The van der Waals surface area contributed by atoms with E-state index in [9.17, 15) is 4.79 Å². The van der Waals surface area contributed by atoms with Crippen LogP contribution in [0.4, 0.5) is 0 Å². The van der Waals surface area contributed by atoms with Crippen LogP contribution in [-0.2, 0) is 11.2 Å². The fraction of sp³-hybridized carbons (Fsp3) is 0.562. The maximum Gasteiger partial charge on any atom is 0.224 e. The van der Waals surface area contributed by atoms with E-state index in [0.717, 1.165) is 12.0 Å². The molecule has 0 radical (unpaired) electrons. The molecular weight excluding hydrogens is 270 g/mol. The van der Waals surface area contributed by atoms with Gasteiger partial charge in [-0.05, 0) is 30.0 Å². The van der Waals surface area contributed by atoms with Gasteiger partial charge < -0.3 is 19.9 Å². The molecule has 1 rings (SSSR count). The molecule has 118 valence electrons. The topological polar surface area (TPSA) is 67.8 Å². The molecule has 21 heavy (non-hydrogen) atoms. The van der Waals surface area contributed by atoms with Crippen LogP contribution in [0.15, 0.2) is 18.2 Å². The molecule has 1 atom stereocenters. The van der Waals surface area contributed by atoms with E-state index in [1.165, 1.54) is 0 Å². The monoisotopic (exact) mass is 295 g/mol. The second-order valence-corrected chi connectivity index (χ2v) is 4.96. The molecule has 0 aliphatic carbocycles. The molecule has 0 heterocycles. The van der Waals surface area contributed by atoms with Crippen LogP contribution in [0.2, 0.25) is 0 Å². The van der Waals surface area contributed by atoms with Gasteiger partial charge in [-0.25, -0.2) is 0 Å². The summed E-state index contributed by atoms with van der Waals surface area (Å²) >= 11 is 0. The number of rotatable bonds is 9. The SMILES string of the molecule is CCC(CCO)CNC(=O)Cc1ccc(OC)c(OC)c1. The third kappa shape index (κ3) is 5.63. The third-order valence-corrected chi connectivity index (χ3v) is 3.52. The van der Waals surface area contributed by atoms with Gasteiger partial charge >= 0.3 is 0 Å². The first-order chi connectivity index (χ1) is 10.1. The lowest BCUT2D eigenvalue weighted by Gasteiger charge is -2.14. The molecule has 5 nitrogen and oxygen atoms in total. The Bertz CT molecular complexity index is 448. The minimum Gasteiger partial charge on any atom is -0.493 e. The van der Waals surface area contributed by atoms with Crippen molar-refractivity contribution in [2.24, 2.45) is 5.92 Å². The summed E-state index contributed by atoms with van der Waals surface area (Å²) in [7, 11) is 3.15. The quantitative estimate of drug-likeness (QED) is 0.728. The Kier molecular flexibility index (Phi) is 7.61. The van der Waals surface area contributed by atoms with Gasteiger partial charge in [0.2, 0.25) is 5.91 Å². The molecule has 0 aromatic heterocycles. The molecule has 1 unspecified atom stereocenters. The number of ether oxygens (including phenoxy) is 2. The zero-order valence-corrected chi connectivity index (χ0v) is 13.0. The largest absolute Gasteiger partial charge is 0.493 e. The standard InChI is InChI=1S/C16H25NO4/c1-4-12(7-8-18)11-17-16(19)10-13-5-6-14(20-2)15(9-13)21-3/h5-6,9,12,18H,4,7-8,10-11H2,1-3H3,(H,17,19). The Balaban J connectivity index is 2.54. The van der Waals surface area contributed by atoms with Crippen LogP contribution in [0.1, 0.15) is 25.3 Å². The van der Waals surface area contributed by atoms with Crippen molar-refractivity contribution >= 4 is 5.91 Å². The van der Waals surface area contributed by atoms with Crippen LogP contribution in [0, 0.1) is 5.92 Å². The number of hydrogen-bond donors (Lipinski definition) is 2. The van der Waals surface area contributed by atoms with E-state index in [0.29, 0.717) is 36.8 Å². The molecule has 1 aromatic rings. The molecule has 0 fully saturated rings. The average Bonchev–Trinajstić information content (AvgIpc) is 2.51. The van der Waals surface area contributed by atoms with Crippen molar-refractivity contribution in [1.82, 2.24) is 5.32 Å². The lowest BCUT2D eigenvalue weighted by Crippen LogP contribution is -2.30. The van der Waals surface area contributed by atoms with Gasteiger partial charge in [0, 0.05) is 13.2 Å². The first kappa shape index (κ1) is 17.3. The van der Waals surface area contributed by atoms with Crippen LogP contribution in [-0.4, -0.2) is 38.4 Å². The summed E-state index contributed by atoms with van der Waals surface area (Å²) in [6.45, 7) is 2.81. The highest BCUT2D eigenvalue weighted by molar-refractivity contribution is 5.78. The zero-order valence-electron chi connectivity index (χ0n) is 13.0. The summed E-state index contributed by atoms with van der Waals surface area (Å²) in [4.78, 5) is 11.9. The maximum absolute atomic E-state index is 11.9. The van der Waals surface area contributed by atoms with E-state index in [1.54, 1.807) is 20.3 Å².